The Labute approximate surface area is 117 Å². The number of hydrogen-bond donors (Lipinski definition) is 1. The van der Waals surface area contributed by atoms with Gasteiger partial charge >= 0.3 is 5.97 Å². The normalized spacial score (nSPS) is 24.8. The predicted molar refractivity (Wildman–Crippen MR) is 73.0 cm³/mol. The highest BCUT2D eigenvalue weighted by Crippen LogP contribution is 2.45. The summed E-state index contributed by atoms with van der Waals surface area (Å²) in [6, 6.07) is -0.194. The van der Waals surface area contributed by atoms with E-state index in [0.717, 1.165) is 24.4 Å². The van der Waals surface area contributed by atoms with Crippen molar-refractivity contribution in [3.8, 4) is 0 Å². The van der Waals surface area contributed by atoms with Gasteiger partial charge in [0, 0.05) is 0 Å². The summed E-state index contributed by atoms with van der Waals surface area (Å²) >= 11 is 1.85. The number of nitrogens with zero attached hydrogens (tertiary/aromatic N) is 4. The van der Waals surface area contributed by atoms with E-state index in [9.17, 15) is 4.79 Å². The van der Waals surface area contributed by atoms with E-state index < -0.39 is 5.97 Å². The van der Waals surface area contributed by atoms with Gasteiger partial charge < -0.3 is 5.11 Å². The van der Waals surface area contributed by atoms with Crippen molar-refractivity contribution in [2.45, 2.75) is 50.8 Å². The number of carboxylic acids is 1. The summed E-state index contributed by atoms with van der Waals surface area (Å²) < 4.78 is 1.65. The zero-order valence-corrected chi connectivity index (χ0v) is 12.4. The van der Waals surface area contributed by atoms with Crippen LogP contribution in [0.5, 0.6) is 0 Å². The molecule has 0 aromatic carbocycles. The molecule has 1 aliphatic heterocycles. The van der Waals surface area contributed by atoms with E-state index >= 15 is 0 Å². The molecular weight excluding hydrogens is 264 g/mol. The molecule has 1 aromatic heterocycles. The number of carboxylic acid groups (broad SMARTS) is 1. The maximum Gasteiger partial charge on any atom is 0.305 e. The molecule has 1 aromatic rings. The van der Waals surface area contributed by atoms with Crippen molar-refractivity contribution >= 4 is 17.7 Å². The molecule has 2 heterocycles. The molecule has 2 unspecified atom stereocenters. The SMILES string of the molecule is CC(C)C(CC(=O)O)n1nnnc1C1(C)CCCS1. The molecule has 0 spiro atoms. The number of rotatable bonds is 5. The van der Waals surface area contributed by atoms with E-state index in [4.69, 9.17) is 5.11 Å². The summed E-state index contributed by atoms with van der Waals surface area (Å²) in [4.78, 5) is 11.0. The minimum Gasteiger partial charge on any atom is -0.481 e. The summed E-state index contributed by atoms with van der Waals surface area (Å²) in [6.07, 6.45) is 2.24. The average Bonchev–Trinajstić information content (AvgIpc) is 2.94. The third kappa shape index (κ3) is 2.91. The van der Waals surface area contributed by atoms with Gasteiger partial charge in [0.1, 0.15) is 0 Å². The summed E-state index contributed by atoms with van der Waals surface area (Å²) in [5.74, 6) is 1.28. The van der Waals surface area contributed by atoms with Gasteiger partial charge in [-0.05, 0) is 41.9 Å². The van der Waals surface area contributed by atoms with E-state index in [1.165, 1.54) is 0 Å². The monoisotopic (exact) mass is 284 g/mol. The lowest BCUT2D eigenvalue weighted by Crippen LogP contribution is -2.27. The van der Waals surface area contributed by atoms with Crippen LogP contribution < -0.4 is 0 Å². The summed E-state index contributed by atoms with van der Waals surface area (Å²) in [6.45, 7) is 6.15. The van der Waals surface area contributed by atoms with Gasteiger partial charge in [0.25, 0.3) is 0 Å². The van der Waals surface area contributed by atoms with Crippen LogP contribution >= 0.6 is 11.8 Å². The minimum absolute atomic E-state index is 0.0520. The van der Waals surface area contributed by atoms with E-state index in [1.807, 2.05) is 25.6 Å². The molecule has 6 nitrogen and oxygen atoms in total. The summed E-state index contributed by atoms with van der Waals surface area (Å²) in [5, 5.41) is 21.1. The molecule has 106 valence electrons. The average molecular weight is 284 g/mol. The first-order valence-corrected chi connectivity index (χ1v) is 7.56. The Bertz CT molecular complexity index is 454. The van der Waals surface area contributed by atoms with Crippen molar-refractivity contribution in [1.82, 2.24) is 20.2 Å². The van der Waals surface area contributed by atoms with Crippen LogP contribution in [0.25, 0.3) is 0 Å². The second kappa shape index (κ2) is 5.48. The van der Waals surface area contributed by atoms with Crippen molar-refractivity contribution in [3.05, 3.63) is 5.82 Å². The van der Waals surface area contributed by atoms with Gasteiger partial charge in [0.15, 0.2) is 5.82 Å². The fourth-order valence-corrected chi connectivity index (χ4v) is 3.80. The van der Waals surface area contributed by atoms with Gasteiger partial charge in [-0.15, -0.1) is 16.9 Å². The fourth-order valence-electron chi connectivity index (χ4n) is 2.50. The molecule has 2 atom stereocenters. The van der Waals surface area contributed by atoms with Crippen LogP contribution in [0.4, 0.5) is 0 Å². The molecule has 0 bridgehead atoms. The summed E-state index contributed by atoms with van der Waals surface area (Å²) in [5.41, 5.74) is 0. The van der Waals surface area contributed by atoms with Crippen molar-refractivity contribution in [3.63, 3.8) is 0 Å². The Kier molecular flexibility index (Phi) is 4.13. The number of hydrogen-bond acceptors (Lipinski definition) is 5. The van der Waals surface area contributed by atoms with Crippen molar-refractivity contribution in [2.24, 2.45) is 5.92 Å². The van der Waals surface area contributed by atoms with Crippen LogP contribution in [-0.2, 0) is 9.54 Å². The number of tetrazole rings is 1. The second-order valence-electron chi connectivity index (χ2n) is 5.54. The second-order valence-corrected chi connectivity index (χ2v) is 7.14. The van der Waals surface area contributed by atoms with Gasteiger partial charge in [-0.2, -0.15) is 0 Å². The lowest BCUT2D eigenvalue weighted by Gasteiger charge is -2.26. The van der Waals surface area contributed by atoms with Crippen LogP contribution in [0.3, 0.4) is 0 Å². The topological polar surface area (TPSA) is 80.9 Å². The predicted octanol–water partition coefficient (Wildman–Crippen LogP) is 2.09. The molecule has 1 aliphatic rings. The number of carbonyl (C=O) groups is 1. The minimum atomic E-state index is -0.815. The van der Waals surface area contributed by atoms with Crippen LogP contribution in [0.15, 0.2) is 0 Å². The Hall–Kier alpha value is -1.11. The quantitative estimate of drug-likeness (QED) is 0.891. The van der Waals surface area contributed by atoms with Gasteiger partial charge in [0.2, 0.25) is 0 Å². The third-order valence-corrected chi connectivity index (χ3v) is 5.17. The first kappa shape index (κ1) is 14.3. The standard InChI is InChI=1S/C12H20N4O2S/c1-8(2)9(7-10(17)18)16-11(13-14-15-16)12(3)5-4-6-19-12/h8-9H,4-7H2,1-3H3,(H,17,18). The Morgan fingerprint density at radius 1 is 1.58 bits per heavy atom. The smallest absolute Gasteiger partial charge is 0.305 e. The largest absolute Gasteiger partial charge is 0.481 e. The zero-order valence-electron chi connectivity index (χ0n) is 11.5. The molecule has 0 amide bonds. The van der Waals surface area contributed by atoms with E-state index in [1.54, 1.807) is 4.68 Å². The van der Waals surface area contributed by atoms with Crippen molar-refractivity contribution in [1.29, 1.82) is 0 Å². The van der Waals surface area contributed by atoms with Gasteiger partial charge in [0.05, 0.1) is 17.2 Å². The maximum atomic E-state index is 11.0. The number of aliphatic carboxylic acids is 1. The van der Waals surface area contributed by atoms with Crippen LogP contribution in [0, 0.1) is 5.92 Å². The Balaban J connectivity index is 2.33. The van der Waals surface area contributed by atoms with Crippen molar-refractivity contribution < 1.29 is 9.90 Å². The lowest BCUT2D eigenvalue weighted by molar-refractivity contribution is -0.138. The molecule has 0 saturated carbocycles. The van der Waals surface area contributed by atoms with Crippen LogP contribution in [-0.4, -0.2) is 37.0 Å². The summed E-state index contributed by atoms with van der Waals surface area (Å²) in [7, 11) is 0. The molecule has 1 fully saturated rings. The number of thioether (sulfide) groups is 1. The molecule has 1 saturated heterocycles. The number of aromatic nitrogens is 4. The first-order chi connectivity index (χ1) is 8.94. The zero-order chi connectivity index (χ0) is 14.0. The Morgan fingerprint density at radius 2 is 2.32 bits per heavy atom. The van der Waals surface area contributed by atoms with Gasteiger partial charge in [-0.1, -0.05) is 13.8 Å². The van der Waals surface area contributed by atoms with Crippen molar-refractivity contribution in [2.75, 3.05) is 5.75 Å². The van der Waals surface area contributed by atoms with E-state index in [0.29, 0.717) is 0 Å². The molecular formula is C12H20N4O2S. The molecule has 1 N–H and O–H groups in total. The lowest BCUT2D eigenvalue weighted by atomic mass is 9.99. The molecule has 7 heteroatoms. The Morgan fingerprint density at radius 3 is 2.84 bits per heavy atom. The van der Waals surface area contributed by atoms with Crippen LogP contribution in [0.1, 0.15) is 51.9 Å². The van der Waals surface area contributed by atoms with Gasteiger partial charge in [-0.3, -0.25) is 4.79 Å². The molecule has 0 radical (unpaired) electrons. The van der Waals surface area contributed by atoms with Crippen LogP contribution in [0.2, 0.25) is 0 Å². The van der Waals surface area contributed by atoms with E-state index in [2.05, 4.69) is 22.4 Å². The maximum absolute atomic E-state index is 11.0. The highest BCUT2D eigenvalue weighted by molar-refractivity contribution is 8.00. The van der Waals surface area contributed by atoms with Gasteiger partial charge in [-0.25, -0.2) is 4.68 Å². The molecule has 0 aliphatic carbocycles. The highest BCUT2D eigenvalue weighted by atomic mass is 32.2. The third-order valence-electron chi connectivity index (χ3n) is 3.65. The highest BCUT2D eigenvalue weighted by Gasteiger charge is 2.38. The molecule has 2 rings (SSSR count). The van der Waals surface area contributed by atoms with E-state index in [-0.39, 0.29) is 23.1 Å². The first-order valence-electron chi connectivity index (χ1n) is 6.58. The molecule has 19 heavy (non-hydrogen) atoms. The fraction of sp³-hybridized carbons (Fsp3) is 0.833.